The summed E-state index contributed by atoms with van der Waals surface area (Å²) in [6.45, 7) is 9.93. The van der Waals surface area contributed by atoms with Crippen LogP contribution in [0.15, 0.2) is 30.3 Å². The van der Waals surface area contributed by atoms with Gasteiger partial charge in [-0.1, -0.05) is 26.0 Å². The first-order valence-electron chi connectivity index (χ1n) is 6.43. The molecule has 0 spiro atoms. The normalized spacial score (nSPS) is 12.6. The van der Waals surface area contributed by atoms with Crippen LogP contribution in [0.2, 0.25) is 0 Å². The van der Waals surface area contributed by atoms with E-state index in [0.29, 0.717) is 0 Å². The smallest absolute Gasteiger partial charge is 0.328 e. The van der Waals surface area contributed by atoms with Crippen LogP contribution < -0.4 is 4.74 Å². The fourth-order valence-electron chi connectivity index (χ4n) is 1.79. The fraction of sp³-hybridized carbons (Fsp3) is 0.438. The second-order valence-corrected chi connectivity index (χ2v) is 5.83. The Hall–Kier alpha value is -1.77. The Balaban J connectivity index is 3.00. The molecule has 0 unspecified atom stereocenters. The summed E-state index contributed by atoms with van der Waals surface area (Å²) in [5.74, 6) is 0.0267. The third kappa shape index (κ3) is 5.16. The van der Waals surface area contributed by atoms with Gasteiger partial charge in [0.25, 0.3) is 0 Å². The molecule has 0 atom stereocenters. The summed E-state index contributed by atoms with van der Waals surface area (Å²) in [5, 5.41) is 8.90. The minimum absolute atomic E-state index is 0.158. The lowest BCUT2D eigenvalue weighted by Crippen LogP contribution is -2.22. The molecule has 3 nitrogen and oxygen atoms in total. The first kappa shape index (κ1) is 15.3. The van der Waals surface area contributed by atoms with Crippen LogP contribution in [0.5, 0.6) is 5.75 Å². The van der Waals surface area contributed by atoms with Crippen LogP contribution >= 0.6 is 0 Å². The molecule has 0 bridgehead atoms. The number of rotatable bonds is 4. The van der Waals surface area contributed by atoms with Crippen LogP contribution in [0.4, 0.5) is 0 Å². The van der Waals surface area contributed by atoms with Gasteiger partial charge in [-0.05, 0) is 50.0 Å². The molecule has 1 N–H and O–H groups in total. The van der Waals surface area contributed by atoms with E-state index in [-0.39, 0.29) is 11.5 Å². The molecule has 1 rings (SSSR count). The molecular weight excluding hydrogens is 240 g/mol. The van der Waals surface area contributed by atoms with Crippen molar-refractivity contribution in [2.45, 2.75) is 40.2 Å². The standard InChI is InChI=1S/C16H22O3/c1-11(2)14(10-15(17)18)12-6-8-13(9-7-12)19-16(3,4)5/h6-11H,1-5H3,(H,17,18)/b14-10+. The second-order valence-electron chi connectivity index (χ2n) is 5.83. The van der Waals surface area contributed by atoms with Gasteiger partial charge in [-0.25, -0.2) is 4.79 Å². The van der Waals surface area contributed by atoms with Crippen molar-refractivity contribution in [3.05, 3.63) is 35.9 Å². The molecule has 104 valence electrons. The largest absolute Gasteiger partial charge is 0.488 e. The third-order valence-corrected chi connectivity index (χ3v) is 2.51. The van der Waals surface area contributed by atoms with Gasteiger partial charge in [-0.2, -0.15) is 0 Å². The molecule has 0 saturated heterocycles. The van der Waals surface area contributed by atoms with E-state index >= 15 is 0 Å². The molecule has 19 heavy (non-hydrogen) atoms. The molecular formula is C16H22O3. The zero-order chi connectivity index (χ0) is 14.6. The van der Waals surface area contributed by atoms with Crippen LogP contribution in [0.3, 0.4) is 0 Å². The summed E-state index contributed by atoms with van der Waals surface area (Å²) >= 11 is 0. The maximum atomic E-state index is 10.8. The van der Waals surface area contributed by atoms with Crippen molar-refractivity contribution in [1.29, 1.82) is 0 Å². The molecule has 0 amide bonds. The van der Waals surface area contributed by atoms with Crippen LogP contribution in [0, 0.1) is 5.92 Å². The van der Waals surface area contributed by atoms with E-state index in [1.807, 2.05) is 58.9 Å². The van der Waals surface area contributed by atoms with Crippen LogP contribution in [-0.2, 0) is 4.79 Å². The van der Waals surface area contributed by atoms with E-state index in [1.54, 1.807) is 0 Å². The van der Waals surface area contributed by atoms with Gasteiger partial charge in [0, 0.05) is 6.08 Å². The number of hydrogen-bond donors (Lipinski definition) is 1. The number of hydrogen-bond acceptors (Lipinski definition) is 2. The lowest BCUT2D eigenvalue weighted by Gasteiger charge is -2.21. The zero-order valence-corrected chi connectivity index (χ0v) is 12.2. The maximum absolute atomic E-state index is 10.8. The zero-order valence-electron chi connectivity index (χ0n) is 12.2. The fourth-order valence-corrected chi connectivity index (χ4v) is 1.79. The Bertz CT molecular complexity index is 462. The van der Waals surface area contributed by atoms with Gasteiger partial charge in [-0.15, -0.1) is 0 Å². The summed E-state index contributed by atoms with van der Waals surface area (Å²) in [6, 6.07) is 7.54. The quantitative estimate of drug-likeness (QED) is 0.835. The molecule has 3 heteroatoms. The minimum atomic E-state index is -0.918. The number of aliphatic carboxylic acids is 1. The lowest BCUT2D eigenvalue weighted by molar-refractivity contribution is -0.131. The van der Waals surface area contributed by atoms with E-state index in [9.17, 15) is 4.79 Å². The Morgan fingerprint density at radius 1 is 1.21 bits per heavy atom. The number of carboxylic acid groups (broad SMARTS) is 1. The number of benzene rings is 1. The molecule has 0 aliphatic rings. The Morgan fingerprint density at radius 2 is 1.74 bits per heavy atom. The van der Waals surface area contributed by atoms with E-state index in [0.717, 1.165) is 16.9 Å². The molecule has 0 heterocycles. The predicted molar refractivity (Wildman–Crippen MR) is 77.3 cm³/mol. The SMILES string of the molecule is CC(C)/C(=C\C(=O)O)c1ccc(OC(C)(C)C)cc1. The topological polar surface area (TPSA) is 46.5 Å². The Kier molecular flexibility index (Phi) is 4.76. The van der Waals surface area contributed by atoms with Gasteiger partial charge < -0.3 is 9.84 Å². The second kappa shape index (κ2) is 5.91. The third-order valence-electron chi connectivity index (χ3n) is 2.51. The molecule has 0 fully saturated rings. The highest BCUT2D eigenvalue weighted by Crippen LogP contribution is 2.26. The first-order valence-corrected chi connectivity index (χ1v) is 6.43. The molecule has 0 aliphatic heterocycles. The summed E-state index contributed by atoms with van der Waals surface area (Å²) in [4.78, 5) is 10.8. The summed E-state index contributed by atoms with van der Waals surface area (Å²) in [5.41, 5.74) is 1.49. The van der Waals surface area contributed by atoms with Crippen LogP contribution in [0.25, 0.3) is 5.57 Å². The average molecular weight is 262 g/mol. The molecule has 0 aromatic heterocycles. The molecule has 0 radical (unpaired) electrons. The van der Waals surface area contributed by atoms with E-state index in [4.69, 9.17) is 9.84 Å². The summed E-state index contributed by atoms with van der Waals surface area (Å²) < 4.78 is 5.74. The summed E-state index contributed by atoms with van der Waals surface area (Å²) in [7, 11) is 0. The van der Waals surface area contributed by atoms with E-state index in [1.165, 1.54) is 6.08 Å². The van der Waals surface area contributed by atoms with Crippen molar-refractivity contribution < 1.29 is 14.6 Å². The van der Waals surface area contributed by atoms with Crippen LogP contribution in [0.1, 0.15) is 40.2 Å². The molecule has 1 aromatic carbocycles. The number of allylic oxidation sites excluding steroid dienone is 1. The highest BCUT2D eigenvalue weighted by Gasteiger charge is 2.13. The van der Waals surface area contributed by atoms with Gasteiger partial charge in [-0.3, -0.25) is 0 Å². The highest BCUT2D eigenvalue weighted by atomic mass is 16.5. The Labute approximate surface area is 114 Å². The van der Waals surface area contributed by atoms with Crippen molar-refractivity contribution in [3.8, 4) is 5.75 Å². The summed E-state index contributed by atoms with van der Waals surface area (Å²) in [6.07, 6.45) is 1.27. The van der Waals surface area contributed by atoms with Gasteiger partial charge in [0.2, 0.25) is 0 Å². The molecule has 0 saturated carbocycles. The average Bonchev–Trinajstić information content (AvgIpc) is 2.24. The monoisotopic (exact) mass is 262 g/mol. The van der Waals surface area contributed by atoms with Crippen molar-refractivity contribution in [3.63, 3.8) is 0 Å². The number of ether oxygens (including phenoxy) is 1. The predicted octanol–water partition coefficient (Wildman–Crippen LogP) is 3.99. The van der Waals surface area contributed by atoms with Crippen molar-refractivity contribution in [2.24, 2.45) is 5.92 Å². The molecule has 0 aliphatic carbocycles. The van der Waals surface area contributed by atoms with Gasteiger partial charge in [0.05, 0.1) is 0 Å². The van der Waals surface area contributed by atoms with Gasteiger partial charge >= 0.3 is 5.97 Å². The lowest BCUT2D eigenvalue weighted by atomic mass is 9.95. The Morgan fingerprint density at radius 3 is 2.11 bits per heavy atom. The maximum Gasteiger partial charge on any atom is 0.328 e. The highest BCUT2D eigenvalue weighted by molar-refractivity contribution is 5.90. The van der Waals surface area contributed by atoms with E-state index in [2.05, 4.69) is 0 Å². The van der Waals surface area contributed by atoms with Crippen molar-refractivity contribution in [2.75, 3.05) is 0 Å². The number of carboxylic acids is 1. The van der Waals surface area contributed by atoms with Gasteiger partial charge in [0.15, 0.2) is 0 Å². The van der Waals surface area contributed by atoms with Crippen molar-refractivity contribution in [1.82, 2.24) is 0 Å². The van der Waals surface area contributed by atoms with Crippen molar-refractivity contribution >= 4 is 11.5 Å². The first-order chi connectivity index (χ1) is 8.69. The number of carbonyl (C=O) groups is 1. The van der Waals surface area contributed by atoms with E-state index < -0.39 is 5.97 Å². The molecule has 1 aromatic rings. The van der Waals surface area contributed by atoms with Crippen LogP contribution in [-0.4, -0.2) is 16.7 Å². The van der Waals surface area contributed by atoms with Gasteiger partial charge in [0.1, 0.15) is 11.4 Å². The minimum Gasteiger partial charge on any atom is -0.488 e.